The van der Waals surface area contributed by atoms with Gasteiger partial charge in [0.15, 0.2) is 5.78 Å². The van der Waals surface area contributed by atoms with Gasteiger partial charge in [-0.25, -0.2) is 0 Å². The molecule has 1 nitrogen and oxygen atoms in total. The van der Waals surface area contributed by atoms with E-state index in [0.29, 0.717) is 5.78 Å². The second-order valence-corrected chi connectivity index (χ2v) is 3.30. The van der Waals surface area contributed by atoms with E-state index in [4.69, 9.17) is 0 Å². The van der Waals surface area contributed by atoms with E-state index in [1.54, 1.807) is 0 Å². The lowest BCUT2D eigenvalue weighted by atomic mass is 10.1. The zero-order valence-corrected chi connectivity index (χ0v) is 7.89. The molecule has 0 aromatic heterocycles. The number of carbonyl (C=O) groups excluding carboxylic acids is 1. The Bertz CT molecular complexity index is 233. The Morgan fingerprint density at radius 1 is 1.67 bits per heavy atom. The summed E-state index contributed by atoms with van der Waals surface area (Å²) in [6, 6.07) is 0. The number of carbonyl (C=O) groups is 1. The van der Waals surface area contributed by atoms with Crippen LogP contribution in [0, 0.1) is 0 Å². The predicted octanol–water partition coefficient (Wildman–Crippen LogP) is 3.02. The standard InChI is InChI=1S/C11H16O/c1-3-9(2)7-8-10-5-4-6-11(10)12/h5,7H,3-4,6,8H2,1-2H3. The van der Waals surface area contributed by atoms with Crippen LogP contribution < -0.4 is 0 Å². The predicted molar refractivity (Wildman–Crippen MR) is 51.0 cm³/mol. The Hall–Kier alpha value is -0.850. The van der Waals surface area contributed by atoms with Crippen molar-refractivity contribution in [2.75, 3.05) is 0 Å². The molecule has 66 valence electrons. The van der Waals surface area contributed by atoms with Gasteiger partial charge in [0.1, 0.15) is 0 Å². The molecule has 12 heavy (non-hydrogen) atoms. The molecule has 0 amide bonds. The fraction of sp³-hybridized carbons (Fsp3) is 0.545. The van der Waals surface area contributed by atoms with E-state index in [1.165, 1.54) is 5.57 Å². The number of Topliss-reactive ketones (excluding diaryl/α,β-unsaturated/α-hetero) is 1. The van der Waals surface area contributed by atoms with Crippen molar-refractivity contribution in [2.24, 2.45) is 0 Å². The fourth-order valence-corrected chi connectivity index (χ4v) is 1.28. The average Bonchev–Trinajstić information content (AvgIpc) is 2.47. The Morgan fingerprint density at radius 3 is 2.92 bits per heavy atom. The van der Waals surface area contributed by atoms with Crippen molar-refractivity contribution >= 4 is 5.78 Å². The first kappa shape index (κ1) is 9.24. The van der Waals surface area contributed by atoms with Crippen molar-refractivity contribution in [3.05, 3.63) is 23.3 Å². The van der Waals surface area contributed by atoms with Crippen LogP contribution >= 0.6 is 0 Å². The minimum atomic E-state index is 0.343. The molecule has 0 unspecified atom stereocenters. The fourth-order valence-electron chi connectivity index (χ4n) is 1.28. The van der Waals surface area contributed by atoms with Gasteiger partial charge in [-0.2, -0.15) is 0 Å². The molecule has 0 saturated heterocycles. The second-order valence-electron chi connectivity index (χ2n) is 3.30. The smallest absolute Gasteiger partial charge is 0.159 e. The minimum absolute atomic E-state index is 0.343. The Kier molecular flexibility index (Phi) is 3.27. The number of hydrogen-bond donors (Lipinski definition) is 0. The summed E-state index contributed by atoms with van der Waals surface area (Å²) in [5.74, 6) is 0.343. The second kappa shape index (κ2) is 4.24. The molecule has 0 N–H and O–H groups in total. The monoisotopic (exact) mass is 164 g/mol. The molecule has 0 aliphatic heterocycles. The van der Waals surface area contributed by atoms with Crippen molar-refractivity contribution in [3.8, 4) is 0 Å². The van der Waals surface area contributed by atoms with E-state index in [2.05, 4.69) is 26.0 Å². The van der Waals surface area contributed by atoms with Gasteiger partial charge in [0.05, 0.1) is 0 Å². The van der Waals surface area contributed by atoms with Crippen LogP contribution in [0.4, 0.5) is 0 Å². The van der Waals surface area contributed by atoms with Gasteiger partial charge in [-0.3, -0.25) is 4.79 Å². The summed E-state index contributed by atoms with van der Waals surface area (Å²) in [6.45, 7) is 4.25. The number of rotatable bonds is 3. The molecule has 0 bridgehead atoms. The molecular weight excluding hydrogens is 148 g/mol. The average molecular weight is 164 g/mol. The number of ketones is 1. The van der Waals surface area contributed by atoms with Crippen molar-refractivity contribution in [1.82, 2.24) is 0 Å². The normalized spacial score (nSPS) is 18.3. The third kappa shape index (κ3) is 2.33. The SMILES string of the molecule is CCC(C)=CCC1=CCCC1=O. The first-order valence-corrected chi connectivity index (χ1v) is 4.62. The van der Waals surface area contributed by atoms with Crippen molar-refractivity contribution in [3.63, 3.8) is 0 Å². The highest BCUT2D eigenvalue weighted by molar-refractivity contribution is 5.97. The molecular formula is C11H16O. The number of allylic oxidation sites excluding steroid dienone is 4. The minimum Gasteiger partial charge on any atom is -0.295 e. The van der Waals surface area contributed by atoms with Crippen LogP contribution in [-0.4, -0.2) is 5.78 Å². The lowest BCUT2D eigenvalue weighted by Gasteiger charge is -1.96. The maximum absolute atomic E-state index is 11.2. The van der Waals surface area contributed by atoms with Crippen molar-refractivity contribution in [1.29, 1.82) is 0 Å². The molecule has 0 fully saturated rings. The molecule has 1 heteroatoms. The highest BCUT2D eigenvalue weighted by Crippen LogP contribution is 2.18. The molecule has 0 radical (unpaired) electrons. The van der Waals surface area contributed by atoms with Gasteiger partial charge in [-0.05, 0) is 31.8 Å². The van der Waals surface area contributed by atoms with E-state index in [9.17, 15) is 4.79 Å². The van der Waals surface area contributed by atoms with Gasteiger partial charge in [-0.1, -0.05) is 24.6 Å². The quantitative estimate of drug-likeness (QED) is 0.586. The summed E-state index contributed by atoms with van der Waals surface area (Å²) in [4.78, 5) is 11.2. The Labute approximate surface area is 74.2 Å². The van der Waals surface area contributed by atoms with Crippen LogP contribution in [0.2, 0.25) is 0 Å². The van der Waals surface area contributed by atoms with Crippen LogP contribution in [0.25, 0.3) is 0 Å². The highest BCUT2D eigenvalue weighted by Gasteiger charge is 2.12. The van der Waals surface area contributed by atoms with E-state index in [-0.39, 0.29) is 0 Å². The van der Waals surface area contributed by atoms with Crippen LogP contribution in [0.15, 0.2) is 23.3 Å². The molecule has 1 aliphatic carbocycles. The molecule has 1 rings (SSSR count). The summed E-state index contributed by atoms with van der Waals surface area (Å²) >= 11 is 0. The van der Waals surface area contributed by atoms with E-state index in [1.807, 2.05) is 0 Å². The third-order valence-corrected chi connectivity index (χ3v) is 2.35. The van der Waals surface area contributed by atoms with E-state index < -0.39 is 0 Å². The summed E-state index contributed by atoms with van der Waals surface area (Å²) in [6.07, 6.45) is 7.85. The van der Waals surface area contributed by atoms with Crippen molar-refractivity contribution in [2.45, 2.75) is 39.5 Å². The molecule has 1 aliphatic rings. The summed E-state index contributed by atoms with van der Waals surface area (Å²) < 4.78 is 0. The lowest BCUT2D eigenvalue weighted by Crippen LogP contribution is -1.93. The van der Waals surface area contributed by atoms with Crippen LogP contribution in [0.1, 0.15) is 39.5 Å². The molecule has 0 spiro atoms. The van der Waals surface area contributed by atoms with Gasteiger partial charge < -0.3 is 0 Å². The van der Waals surface area contributed by atoms with Crippen molar-refractivity contribution < 1.29 is 4.79 Å². The van der Waals surface area contributed by atoms with Gasteiger partial charge >= 0.3 is 0 Å². The molecule has 0 atom stereocenters. The largest absolute Gasteiger partial charge is 0.295 e. The van der Waals surface area contributed by atoms with Gasteiger partial charge in [0, 0.05) is 6.42 Å². The number of hydrogen-bond acceptors (Lipinski definition) is 1. The zero-order valence-electron chi connectivity index (χ0n) is 7.89. The lowest BCUT2D eigenvalue weighted by molar-refractivity contribution is -0.114. The van der Waals surface area contributed by atoms with Gasteiger partial charge in [-0.15, -0.1) is 0 Å². The maximum Gasteiger partial charge on any atom is 0.159 e. The molecule has 0 aromatic carbocycles. The third-order valence-electron chi connectivity index (χ3n) is 2.35. The first-order valence-electron chi connectivity index (χ1n) is 4.62. The van der Waals surface area contributed by atoms with E-state index in [0.717, 1.165) is 31.3 Å². The highest BCUT2D eigenvalue weighted by atomic mass is 16.1. The van der Waals surface area contributed by atoms with Gasteiger partial charge in [0.25, 0.3) is 0 Å². The van der Waals surface area contributed by atoms with Crippen LogP contribution in [0.3, 0.4) is 0 Å². The zero-order chi connectivity index (χ0) is 8.97. The molecule has 0 aromatic rings. The summed E-state index contributed by atoms with van der Waals surface area (Å²) in [5, 5.41) is 0. The van der Waals surface area contributed by atoms with Gasteiger partial charge in [0.2, 0.25) is 0 Å². The Balaban J connectivity index is 2.47. The maximum atomic E-state index is 11.2. The Morgan fingerprint density at radius 2 is 2.42 bits per heavy atom. The molecule has 0 saturated carbocycles. The topological polar surface area (TPSA) is 17.1 Å². The van der Waals surface area contributed by atoms with Crippen LogP contribution in [-0.2, 0) is 4.79 Å². The molecule has 0 heterocycles. The first-order chi connectivity index (χ1) is 5.74. The van der Waals surface area contributed by atoms with Crippen LogP contribution in [0.5, 0.6) is 0 Å². The summed E-state index contributed by atoms with van der Waals surface area (Å²) in [7, 11) is 0. The van der Waals surface area contributed by atoms with E-state index >= 15 is 0 Å². The summed E-state index contributed by atoms with van der Waals surface area (Å²) in [5.41, 5.74) is 2.39.